The molecule has 152 valence electrons. The van der Waals surface area contributed by atoms with Crippen LogP contribution in [0.25, 0.3) is 50.5 Å². The van der Waals surface area contributed by atoms with Crippen molar-refractivity contribution in [2.24, 2.45) is 0 Å². The van der Waals surface area contributed by atoms with Crippen molar-refractivity contribution in [3.63, 3.8) is 0 Å². The van der Waals surface area contributed by atoms with Crippen molar-refractivity contribution in [1.29, 1.82) is 0 Å². The van der Waals surface area contributed by atoms with E-state index in [0.717, 1.165) is 26.6 Å². The molecule has 32 heavy (non-hydrogen) atoms. The van der Waals surface area contributed by atoms with Gasteiger partial charge in [0.25, 0.3) is 0 Å². The van der Waals surface area contributed by atoms with Crippen LogP contribution in [-0.4, -0.2) is 19.5 Å². The number of nitrogens with zero attached hydrogens (tertiary/aromatic N) is 4. The van der Waals surface area contributed by atoms with Crippen LogP contribution in [0.15, 0.2) is 108 Å². The number of para-hydroxylation sites is 2. The van der Waals surface area contributed by atoms with Gasteiger partial charge in [-0.05, 0) is 24.3 Å². The molecular formula is C27H17BrN4. The SMILES string of the molecule is Brc1cccc(-c2nc(-c3ccccc3)nc(-n3c4ccccc4c4ccccc43)n2)c1. The van der Waals surface area contributed by atoms with E-state index in [2.05, 4.69) is 56.9 Å². The number of rotatable bonds is 3. The number of benzene rings is 4. The highest BCUT2D eigenvalue weighted by molar-refractivity contribution is 9.10. The predicted octanol–water partition coefficient (Wildman–Crippen LogP) is 7.07. The van der Waals surface area contributed by atoms with E-state index in [1.165, 1.54) is 10.8 Å². The fraction of sp³-hybridized carbons (Fsp3) is 0. The number of hydrogen-bond acceptors (Lipinski definition) is 3. The van der Waals surface area contributed by atoms with Gasteiger partial charge in [0.2, 0.25) is 5.95 Å². The van der Waals surface area contributed by atoms with Gasteiger partial charge < -0.3 is 0 Å². The Hall–Kier alpha value is -3.83. The Kier molecular flexibility index (Phi) is 4.55. The highest BCUT2D eigenvalue weighted by Crippen LogP contribution is 2.32. The summed E-state index contributed by atoms with van der Waals surface area (Å²) in [5.41, 5.74) is 4.02. The molecule has 0 spiro atoms. The smallest absolute Gasteiger partial charge is 0.238 e. The van der Waals surface area contributed by atoms with E-state index in [1.807, 2.05) is 66.7 Å². The minimum atomic E-state index is 0.603. The Bertz CT molecular complexity index is 1540. The number of aromatic nitrogens is 4. The molecule has 0 fully saturated rings. The third-order valence-corrected chi connectivity index (χ3v) is 6.01. The summed E-state index contributed by atoms with van der Waals surface area (Å²) in [6, 6.07) is 34.8. The Balaban J connectivity index is 1.69. The molecule has 2 heterocycles. The zero-order valence-electron chi connectivity index (χ0n) is 17.0. The quantitative estimate of drug-likeness (QED) is 0.274. The van der Waals surface area contributed by atoms with E-state index in [-0.39, 0.29) is 0 Å². The lowest BCUT2D eigenvalue weighted by atomic mass is 10.2. The van der Waals surface area contributed by atoms with Gasteiger partial charge in [0.05, 0.1) is 11.0 Å². The third kappa shape index (κ3) is 3.18. The average Bonchev–Trinajstić information content (AvgIpc) is 3.19. The van der Waals surface area contributed by atoms with Crippen molar-refractivity contribution >= 4 is 37.7 Å². The highest BCUT2D eigenvalue weighted by atomic mass is 79.9. The Morgan fingerprint density at radius 2 is 1.09 bits per heavy atom. The minimum Gasteiger partial charge on any atom is -0.278 e. The zero-order valence-corrected chi connectivity index (χ0v) is 18.6. The second-order valence-electron chi connectivity index (χ2n) is 7.53. The molecule has 0 saturated carbocycles. The van der Waals surface area contributed by atoms with Crippen LogP contribution in [0.5, 0.6) is 0 Å². The van der Waals surface area contributed by atoms with Gasteiger partial charge in [-0.3, -0.25) is 4.57 Å². The first-order valence-corrected chi connectivity index (χ1v) is 11.1. The molecule has 6 rings (SSSR count). The Morgan fingerprint density at radius 3 is 1.75 bits per heavy atom. The van der Waals surface area contributed by atoms with E-state index in [4.69, 9.17) is 15.0 Å². The minimum absolute atomic E-state index is 0.603. The molecule has 4 nitrogen and oxygen atoms in total. The van der Waals surface area contributed by atoms with E-state index >= 15 is 0 Å². The van der Waals surface area contributed by atoms with Crippen LogP contribution < -0.4 is 0 Å². The first kappa shape index (κ1) is 18.9. The molecule has 5 heteroatoms. The second kappa shape index (κ2) is 7.70. The standard InChI is InChI=1S/C27H17BrN4/c28-20-12-8-11-19(17-20)26-29-25(18-9-2-1-3-10-18)30-27(31-26)32-23-15-6-4-13-21(23)22-14-5-7-16-24(22)32/h1-17H. The summed E-state index contributed by atoms with van der Waals surface area (Å²) in [5, 5.41) is 2.35. The maximum Gasteiger partial charge on any atom is 0.238 e. The molecule has 0 atom stereocenters. The maximum atomic E-state index is 4.93. The molecule has 0 aliphatic rings. The van der Waals surface area contributed by atoms with Crippen LogP contribution >= 0.6 is 15.9 Å². The largest absolute Gasteiger partial charge is 0.278 e. The van der Waals surface area contributed by atoms with Crippen LogP contribution in [0.4, 0.5) is 0 Å². The molecule has 0 amide bonds. The number of hydrogen-bond donors (Lipinski definition) is 0. The van der Waals surface area contributed by atoms with E-state index in [1.54, 1.807) is 0 Å². The molecule has 0 bridgehead atoms. The topological polar surface area (TPSA) is 43.6 Å². The van der Waals surface area contributed by atoms with Gasteiger partial charge in [-0.2, -0.15) is 9.97 Å². The molecule has 0 aliphatic carbocycles. The summed E-state index contributed by atoms with van der Waals surface area (Å²) in [7, 11) is 0. The summed E-state index contributed by atoms with van der Waals surface area (Å²) in [6.45, 7) is 0. The molecule has 2 aromatic heterocycles. The van der Waals surface area contributed by atoms with Crippen molar-refractivity contribution in [2.75, 3.05) is 0 Å². The van der Waals surface area contributed by atoms with Gasteiger partial charge in [-0.25, -0.2) is 4.98 Å². The van der Waals surface area contributed by atoms with E-state index in [0.29, 0.717) is 17.6 Å². The van der Waals surface area contributed by atoms with Gasteiger partial charge in [-0.15, -0.1) is 0 Å². The normalized spacial score (nSPS) is 11.3. The molecule has 0 N–H and O–H groups in total. The fourth-order valence-corrected chi connectivity index (χ4v) is 4.47. The third-order valence-electron chi connectivity index (χ3n) is 5.52. The summed E-state index contributed by atoms with van der Waals surface area (Å²) in [4.78, 5) is 14.7. The van der Waals surface area contributed by atoms with Crippen LogP contribution in [0.3, 0.4) is 0 Å². The maximum absolute atomic E-state index is 4.93. The van der Waals surface area contributed by atoms with Gasteiger partial charge in [0.15, 0.2) is 11.6 Å². The molecule has 0 saturated heterocycles. The zero-order chi connectivity index (χ0) is 21.5. The summed E-state index contributed by atoms with van der Waals surface area (Å²) in [6.07, 6.45) is 0. The van der Waals surface area contributed by atoms with E-state index in [9.17, 15) is 0 Å². The fourth-order valence-electron chi connectivity index (χ4n) is 4.08. The average molecular weight is 477 g/mol. The van der Waals surface area contributed by atoms with Crippen molar-refractivity contribution in [1.82, 2.24) is 19.5 Å². The first-order valence-electron chi connectivity index (χ1n) is 10.3. The van der Waals surface area contributed by atoms with E-state index < -0.39 is 0 Å². The Labute approximate surface area is 193 Å². The molecule has 0 aliphatic heterocycles. The lowest BCUT2D eigenvalue weighted by molar-refractivity contribution is 0.953. The van der Waals surface area contributed by atoms with Crippen LogP contribution in [-0.2, 0) is 0 Å². The number of fused-ring (bicyclic) bond motifs is 3. The number of halogens is 1. The summed E-state index contributed by atoms with van der Waals surface area (Å²) in [5.74, 6) is 1.88. The lowest BCUT2D eigenvalue weighted by Gasteiger charge is -2.11. The molecule has 6 aromatic rings. The van der Waals surface area contributed by atoms with Crippen LogP contribution in [0.1, 0.15) is 0 Å². The van der Waals surface area contributed by atoms with Gasteiger partial charge >= 0.3 is 0 Å². The van der Waals surface area contributed by atoms with Crippen molar-refractivity contribution < 1.29 is 0 Å². The molecule has 4 aromatic carbocycles. The Morgan fingerprint density at radius 1 is 0.531 bits per heavy atom. The summed E-state index contributed by atoms with van der Waals surface area (Å²) < 4.78 is 3.11. The van der Waals surface area contributed by atoms with Crippen molar-refractivity contribution in [3.8, 4) is 28.7 Å². The lowest BCUT2D eigenvalue weighted by Crippen LogP contribution is -2.06. The summed E-state index contributed by atoms with van der Waals surface area (Å²) >= 11 is 3.57. The van der Waals surface area contributed by atoms with Crippen LogP contribution in [0, 0.1) is 0 Å². The van der Waals surface area contributed by atoms with Gasteiger partial charge in [0.1, 0.15) is 0 Å². The second-order valence-corrected chi connectivity index (χ2v) is 8.44. The van der Waals surface area contributed by atoms with Gasteiger partial charge in [0, 0.05) is 26.4 Å². The van der Waals surface area contributed by atoms with Crippen LogP contribution in [0.2, 0.25) is 0 Å². The first-order chi connectivity index (χ1) is 15.8. The van der Waals surface area contributed by atoms with Crippen molar-refractivity contribution in [2.45, 2.75) is 0 Å². The predicted molar refractivity (Wildman–Crippen MR) is 133 cm³/mol. The van der Waals surface area contributed by atoms with Gasteiger partial charge in [-0.1, -0.05) is 94.8 Å². The monoisotopic (exact) mass is 476 g/mol. The molecule has 0 radical (unpaired) electrons. The highest BCUT2D eigenvalue weighted by Gasteiger charge is 2.17. The molecule has 0 unspecified atom stereocenters. The van der Waals surface area contributed by atoms with Crippen molar-refractivity contribution in [3.05, 3.63) is 108 Å². The molecular weight excluding hydrogens is 460 g/mol.